The van der Waals surface area contributed by atoms with Gasteiger partial charge in [0.1, 0.15) is 11.6 Å². The molecule has 1 aromatic carbocycles. The van der Waals surface area contributed by atoms with Crippen LogP contribution in [0.2, 0.25) is 0 Å². The first-order valence-electron chi connectivity index (χ1n) is 5.31. The first-order valence-corrected chi connectivity index (χ1v) is 5.31. The van der Waals surface area contributed by atoms with E-state index in [-0.39, 0.29) is 0 Å². The lowest BCUT2D eigenvalue weighted by molar-refractivity contribution is -0.147. The molecule has 17 heavy (non-hydrogen) atoms. The molecular weight excluding hydrogens is 225 g/mol. The first-order chi connectivity index (χ1) is 8.06. The van der Waals surface area contributed by atoms with Crippen molar-refractivity contribution in [3.8, 4) is 5.75 Å². The van der Waals surface area contributed by atoms with Crippen LogP contribution in [0.3, 0.4) is 0 Å². The summed E-state index contributed by atoms with van der Waals surface area (Å²) in [6, 6.07) is 4.28. The highest BCUT2D eigenvalue weighted by Crippen LogP contribution is 2.18. The number of carbonyl (C=O) groups is 1. The lowest BCUT2D eigenvalue weighted by atomic mass is 10.1. The van der Waals surface area contributed by atoms with Gasteiger partial charge < -0.3 is 15.2 Å². The van der Waals surface area contributed by atoms with Crippen molar-refractivity contribution in [3.63, 3.8) is 0 Å². The van der Waals surface area contributed by atoms with Crippen molar-refractivity contribution in [2.75, 3.05) is 13.7 Å². The summed E-state index contributed by atoms with van der Waals surface area (Å²) in [4.78, 5) is 11.2. The van der Waals surface area contributed by atoms with Crippen LogP contribution in [0.25, 0.3) is 0 Å². The predicted molar refractivity (Wildman–Crippen MR) is 61.3 cm³/mol. The minimum atomic E-state index is -0.771. The van der Waals surface area contributed by atoms with Gasteiger partial charge >= 0.3 is 5.97 Å². The molecule has 1 rings (SSSR count). The second-order valence-electron chi connectivity index (χ2n) is 3.62. The molecule has 0 aliphatic heterocycles. The summed E-state index contributed by atoms with van der Waals surface area (Å²) in [5.74, 6) is -0.621. The standard InChI is InChI=1S/C12H16FNO3/c1-8(12(15)16-2)17-11-6-9(3-4-14)5-10(13)7-11/h5-8H,3-4,14H2,1-2H3. The molecule has 0 fully saturated rings. The molecule has 0 heterocycles. The van der Waals surface area contributed by atoms with Crippen molar-refractivity contribution < 1.29 is 18.7 Å². The Bertz CT molecular complexity index is 395. The quantitative estimate of drug-likeness (QED) is 0.788. The number of esters is 1. The number of ether oxygens (including phenoxy) is 2. The maximum absolute atomic E-state index is 13.2. The molecule has 0 aliphatic rings. The Kier molecular flexibility index (Phi) is 4.90. The molecule has 2 N–H and O–H groups in total. The number of halogens is 1. The number of methoxy groups -OCH3 is 1. The van der Waals surface area contributed by atoms with E-state index >= 15 is 0 Å². The van der Waals surface area contributed by atoms with Crippen LogP contribution in [0.4, 0.5) is 4.39 Å². The van der Waals surface area contributed by atoms with Gasteiger partial charge in [-0.2, -0.15) is 0 Å². The molecule has 0 amide bonds. The SMILES string of the molecule is COC(=O)C(C)Oc1cc(F)cc(CCN)c1. The molecule has 4 nitrogen and oxygen atoms in total. The molecule has 0 aromatic heterocycles. The lowest BCUT2D eigenvalue weighted by Gasteiger charge is -2.13. The Morgan fingerprint density at radius 1 is 1.47 bits per heavy atom. The molecule has 94 valence electrons. The molecule has 1 aromatic rings. The van der Waals surface area contributed by atoms with E-state index < -0.39 is 17.9 Å². The van der Waals surface area contributed by atoms with E-state index in [9.17, 15) is 9.18 Å². The lowest BCUT2D eigenvalue weighted by Crippen LogP contribution is -2.25. The smallest absolute Gasteiger partial charge is 0.346 e. The summed E-state index contributed by atoms with van der Waals surface area (Å²) >= 11 is 0. The minimum absolute atomic E-state index is 0.298. The third-order valence-electron chi connectivity index (χ3n) is 2.21. The second-order valence-corrected chi connectivity index (χ2v) is 3.62. The van der Waals surface area contributed by atoms with E-state index in [1.54, 1.807) is 13.0 Å². The zero-order chi connectivity index (χ0) is 12.8. The Morgan fingerprint density at radius 3 is 2.76 bits per heavy atom. The highest BCUT2D eigenvalue weighted by Gasteiger charge is 2.15. The third kappa shape index (κ3) is 4.03. The Balaban J connectivity index is 2.80. The van der Waals surface area contributed by atoms with Crippen molar-refractivity contribution in [1.82, 2.24) is 0 Å². The largest absolute Gasteiger partial charge is 0.479 e. The zero-order valence-electron chi connectivity index (χ0n) is 9.90. The number of hydrogen-bond acceptors (Lipinski definition) is 4. The van der Waals surface area contributed by atoms with Crippen molar-refractivity contribution in [2.24, 2.45) is 5.73 Å². The number of benzene rings is 1. The molecule has 1 unspecified atom stereocenters. The molecule has 1 atom stereocenters. The fourth-order valence-electron chi connectivity index (χ4n) is 1.42. The zero-order valence-corrected chi connectivity index (χ0v) is 9.90. The van der Waals surface area contributed by atoms with Crippen LogP contribution in [-0.2, 0) is 16.0 Å². The predicted octanol–water partition coefficient (Wildman–Crippen LogP) is 1.27. The third-order valence-corrected chi connectivity index (χ3v) is 2.21. The van der Waals surface area contributed by atoms with Gasteiger partial charge in [-0.1, -0.05) is 0 Å². The van der Waals surface area contributed by atoms with Gasteiger partial charge in [-0.15, -0.1) is 0 Å². The minimum Gasteiger partial charge on any atom is -0.479 e. The van der Waals surface area contributed by atoms with Crippen LogP contribution in [0.5, 0.6) is 5.75 Å². The molecule has 5 heteroatoms. The Labute approximate surface area is 99.5 Å². The Hall–Kier alpha value is -1.62. The monoisotopic (exact) mass is 241 g/mol. The highest BCUT2D eigenvalue weighted by molar-refractivity contribution is 5.74. The number of hydrogen-bond donors (Lipinski definition) is 1. The summed E-state index contributed by atoms with van der Waals surface area (Å²) in [6.07, 6.45) is -0.215. The van der Waals surface area contributed by atoms with Crippen LogP contribution in [-0.4, -0.2) is 25.7 Å². The molecular formula is C12H16FNO3. The van der Waals surface area contributed by atoms with Gasteiger partial charge in [0.25, 0.3) is 0 Å². The first kappa shape index (κ1) is 13.4. The molecule has 0 aliphatic carbocycles. The summed E-state index contributed by atoms with van der Waals surface area (Å²) in [6.45, 7) is 1.97. The van der Waals surface area contributed by atoms with Crippen molar-refractivity contribution in [3.05, 3.63) is 29.6 Å². The van der Waals surface area contributed by atoms with E-state index in [0.717, 1.165) is 5.56 Å². The average molecular weight is 241 g/mol. The average Bonchev–Trinajstić information content (AvgIpc) is 2.27. The molecule has 0 saturated carbocycles. The fourth-order valence-corrected chi connectivity index (χ4v) is 1.42. The van der Waals surface area contributed by atoms with Crippen molar-refractivity contribution >= 4 is 5.97 Å². The maximum Gasteiger partial charge on any atom is 0.346 e. The van der Waals surface area contributed by atoms with E-state index in [2.05, 4.69) is 4.74 Å². The van der Waals surface area contributed by atoms with Gasteiger partial charge in [0.15, 0.2) is 6.10 Å². The summed E-state index contributed by atoms with van der Waals surface area (Å²) in [7, 11) is 1.27. The number of nitrogens with two attached hydrogens (primary N) is 1. The normalized spacial score (nSPS) is 12.0. The summed E-state index contributed by atoms with van der Waals surface area (Å²) in [5, 5.41) is 0. The van der Waals surface area contributed by atoms with E-state index in [1.165, 1.54) is 19.2 Å². The van der Waals surface area contributed by atoms with E-state index in [4.69, 9.17) is 10.5 Å². The van der Waals surface area contributed by atoms with Gasteiger partial charge in [-0.05, 0) is 37.6 Å². The van der Waals surface area contributed by atoms with Crippen molar-refractivity contribution in [2.45, 2.75) is 19.4 Å². The van der Waals surface area contributed by atoms with Gasteiger partial charge in [-0.25, -0.2) is 9.18 Å². The fraction of sp³-hybridized carbons (Fsp3) is 0.417. The summed E-state index contributed by atoms with van der Waals surface area (Å²) < 4.78 is 23.0. The maximum atomic E-state index is 13.2. The Morgan fingerprint density at radius 2 is 2.18 bits per heavy atom. The van der Waals surface area contributed by atoms with E-state index in [0.29, 0.717) is 18.7 Å². The topological polar surface area (TPSA) is 61.5 Å². The van der Waals surface area contributed by atoms with E-state index in [1.807, 2.05) is 0 Å². The highest BCUT2D eigenvalue weighted by atomic mass is 19.1. The second kappa shape index (κ2) is 6.20. The molecule has 0 bridgehead atoms. The van der Waals surface area contributed by atoms with Crippen LogP contribution >= 0.6 is 0 Å². The van der Waals surface area contributed by atoms with Crippen molar-refractivity contribution in [1.29, 1.82) is 0 Å². The number of carbonyl (C=O) groups excluding carboxylic acids is 1. The van der Waals surface area contributed by atoms with Gasteiger partial charge in [0, 0.05) is 6.07 Å². The number of rotatable bonds is 5. The molecule has 0 radical (unpaired) electrons. The van der Waals surface area contributed by atoms with Gasteiger partial charge in [0.2, 0.25) is 0 Å². The summed E-state index contributed by atoms with van der Waals surface area (Å²) in [5.41, 5.74) is 6.13. The van der Waals surface area contributed by atoms with Crippen LogP contribution in [0.15, 0.2) is 18.2 Å². The van der Waals surface area contributed by atoms with Crippen LogP contribution in [0.1, 0.15) is 12.5 Å². The molecule has 0 spiro atoms. The van der Waals surface area contributed by atoms with Gasteiger partial charge in [-0.3, -0.25) is 0 Å². The van der Waals surface area contributed by atoms with Gasteiger partial charge in [0.05, 0.1) is 7.11 Å². The van der Waals surface area contributed by atoms with Crippen LogP contribution in [0, 0.1) is 5.82 Å². The van der Waals surface area contributed by atoms with Crippen LogP contribution < -0.4 is 10.5 Å². The molecule has 0 saturated heterocycles.